The molecule has 0 aliphatic heterocycles. The van der Waals surface area contributed by atoms with E-state index in [0.29, 0.717) is 9.99 Å². The zero-order valence-electron chi connectivity index (χ0n) is 11.6. The third-order valence-corrected chi connectivity index (χ3v) is 4.42. The van der Waals surface area contributed by atoms with E-state index in [2.05, 4.69) is 36.5 Å². The molecule has 0 amide bonds. The number of aromatic nitrogens is 4. The highest BCUT2D eigenvalue weighted by atomic mass is 79.9. The van der Waals surface area contributed by atoms with E-state index < -0.39 is 0 Å². The third kappa shape index (κ3) is 1.89. The van der Waals surface area contributed by atoms with Gasteiger partial charge in [-0.1, -0.05) is 0 Å². The normalized spacial score (nSPS) is 11.4. The van der Waals surface area contributed by atoms with Crippen molar-refractivity contribution in [1.29, 1.82) is 0 Å². The van der Waals surface area contributed by atoms with E-state index in [0.717, 1.165) is 27.8 Å². The van der Waals surface area contributed by atoms with Crippen LogP contribution in [-0.4, -0.2) is 26.9 Å². The number of halogens is 2. The number of hydrogen-bond acceptors (Lipinski definition) is 3. The number of nitrogens with zero attached hydrogens (tertiary/aromatic N) is 3. The van der Waals surface area contributed by atoms with Gasteiger partial charge in [0.25, 0.3) is 0 Å². The molecule has 0 atom stereocenters. The summed E-state index contributed by atoms with van der Waals surface area (Å²) < 4.78 is 16.3. The Bertz CT molecular complexity index is 1000. The van der Waals surface area contributed by atoms with Crippen LogP contribution in [0.25, 0.3) is 27.5 Å². The Balaban J connectivity index is 2.01. The maximum atomic E-state index is 14.1. The molecule has 0 bridgehead atoms. The second-order valence-corrected chi connectivity index (χ2v) is 5.74. The van der Waals surface area contributed by atoms with Crippen LogP contribution in [0.15, 0.2) is 41.1 Å². The predicted octanol–water partition coefficient (Wildman–Crippen LogP) is 3.82. The summed E-state index contributed by atoms with van der Waals surface area (Å²) in [7, 11) is 1.82. The first kappa shape index (κ1) is 13.3. The SMILES string of the molecule is CNc1cc2cc(-c3c(Br)c(F)cc4[nH]ncc34)ccn2n1. The van der Waals surface area contributed by atoms with Gasteiger partial charge in [-0.05, 0) is 33.6 Å². The first-order chi connectivity index (χ1) is 10.7. The van der Waals surface area contributed by atoms with E-state index in [1.54, 1.807) is 10.7 Å². The second-order valence-electron chi connectivity index (χ2n) is 4.94. The van der Waals surface area contributed by atoms with Crippen molar-refractivity contribution in [3.05, 3.63) is 46.9 Å². The quantitative estimate of drug-likeness (QED) is 0.571. The molecular weight excluding hydrogens is 349 g/mol. The molecule has 2 N–H and O–H groups in total. The Kier molecular flexibility index (Phi) is 2.90. The smallest absolute Gasteiger partial charge is 0.148 e. The van der Waals surface area contributed by atoms with Crippen molar-refractivity contribution in [3.63, 3.8) is 0 Å². The molecule has 5 nitrogen and oxygen atoms in total. The van der Waals surface area contributed by atoms with Crippen LogP contribution in [0.4, 0.5) is 10.2 Å². The van der Waals surface area contributed by atoms with Crippen LogP contribution < -0.4 is 5.32 Å². The molecule has 4 rings (SSSR count). The zero-order valence-corrected chi connectivity index (χ0v) is 13.1. The maximum absolute atomic E-state index is 14.1. The zero-order chi connectivity index (χ0) is 15.3. The number of hydrogen-bond donors (Lipinski definition) is 2. The Morgan fingerprint density at radius 1 is 1.32 bits per heavy atom. The van der Waals surface area contributed by atoms with E-state index in [1.807, 2.05) is 31.4 Å². The Labute approximate surface area is 133 Å². The molecule has 0 aliphatic rings. The minimum absolute atomic E-state index is 0.323. The van der Waals surface area contributed by atoms with Crippen LogP contribution in [0.2, 0.25) is 0 Å². The summed E-state index contributed by atoms with van der Waals surface area (Å²) in [5, 5.41) is 15.1. The van der Waals surface area contributed by atoms with Crippen molar-refractivity contribution in [2.45, 2.75) is 0 Å². The van der Waals surface area contributed by atoms with Gasteiger partial charge in [0.1, 0.15) is 11.6 Å². The molecule has 7 heteroatoms. The summed E-state index contributed by atoms with van der Waals surface area (Å²) in [6, 6.07) is 7.25. The van der Waals surface area contributed by atoms with E-state index >= 15 is 0 Å². The van der Waals surface area contributed by atoms with Crippen molar-refractivity contribution >= 4 is 38.2 Å². The van der Waals surface area contributed by atoms with Crippen LogP contribution in [0, 0.1) is 5.82 Å². The number of anilines is 1. The summed E-state index contributed by atoms with van der Waals surface area (Å²) in [6.07, 6.45) is 3.56. The van der Waals surface area contributed by atoms with Gasteiger partial charge < -0.3 is 5.32 Å². The third-order valence-electron chi connectivity index (χ3n) is 3.65. The Hall–Kier alpha value is -2.41. The largest absolute Gasteiger partial charge is 0.372 e. The molecule has 110 valence electrons. The van der Waals surface area contributed by atoms with Gasteiger partial charge in [0.2, 0.25) is 0 Å². The van der Waals surface area contributed by atoms with Gasteiger partial charge in [0, 0.05) is 36.3 Å². The average Bonchev–Trinajstić information content (AvgIpc) is 3.13. The molecule has 0 unspecified atom stereocenters. The monoisotopic (exact) mass is 359 g/mol. The molecule has 3 heterocycles. The van der Waals surface area contributed by atoms with Gasteiger partial charge >= 0.3 is 0 Å². The lowest BCUT2D eigenvalue weighted by Crippen LogP contribution is -1.91. The summed E-state index contributed by atoms with van der Waals surface area (Å²) in [4.78, 5) is 0. The van der Waals surface area contributed by atoms with Gasteiger partial charge in [0.05, 0.1) is 21.7 Å². The number of pyridine rings is 1. The van der Waals surface area contributed by atoms with Crippen molar-refractivity contribution < 1.29 is 4.39 Å². The highest BCUT2D eigenvalue weighted by molar-refractivity contribution is 9.10. The molecule has 0 aliphatic carbocycles. The van der Waals surface area contributed by atoms with E-state index in [4.69, 9.17) is 0 Å². The first-order valence-corrected chi connectivity index (χ1v) is 7.45. The van der Waals surface area contributed by atoms with Crippen molar-refractivity contribution in [1.82, 2.24) is 19.8 Å². The summed E-state index contributed by atoms with van der Waals surface area (Å²) >= 11 is 3.35. The number of H-pyrrole nitrogens is 1. The average molecular weight is 360 g/mol. The Morgan fingerprint density at radius 2 is 2.18 bits per heavy atom. The van der Waals surface area contributed by atoms with Crippen LogP contribution in [0.5, 0.6) is 0 Å². The van der Waals surface area contributed by atoms with Crippen molar-refractivity contribution in [2.75, 3.05) is 12.4 Å². The summed E-state index contributed by atoms with van der Waals surface area (Å²) in [5.41, 5.74) is 3.26. The molecule has 22 heavy (non-hydrogen) atoms. The molecule has 0 radical (unpaired) electrons. The number of benzene rings is 1. The minimum atomic E-state index is -0.323. The lowest BCUT2D eigenvalue weighted by molar-refractivity contribution is 0.623. The lowest BCUT2D eigenvalue weighted by atomic mass is 10.0. The number of rotatable bonds is 2. The molecule has 1 aromatic carbocycles. The van der Waals surface area contributed by atoms with E-state index in [9.17, 15) is 4.39 Å². The van der Waals surface area contributed by atoms with Crippen LogP contribution in [-0.2, 0) is 0 Å². The van der Waals surface area contributed by atoms with Gasteiger partial charge in [0.15, 0.2) is 0 Å². The van der Waals surface area contributed by atoms with Gasteiger partial charge in [-0.15, -0.1) is 0 Å². The maximum Gasteiger partial charge on any atom is 0.148 e. The molecule has 3 aromatic heterocycles. The number of nitrogens with one attached hydrogen (secondary N) is 2. The molecule has 0 fully saturated rings. The standard InChI is InChI=1S/C15H11BrFN5/c1-18-13-5-9-4-8(2-3-22(9)21-13)14-10-7-19-20-12(10)6-11(17)15(14)16/h2-7H,1H3,(H,18,21)(H,19,20). The number of fused-ring (bicyclic) bond motifs is 2. The lowest BCUT2D eigenvalue weighted by Gasteiger charge is -2.08. The highest BCUT2D eigenvalue weighted by Gasteiger charge is 2.15. The molecule has 0 saturated carbocycles. The van der Waals surface area contributed by atoms with E-state index in [-0.39, 0.29) is 5.82 Å². The van der Waals surface area contributed by atoms with Crippen molar-refractivity contribution in [2.24, 2.45) is 0 Å². The predicted molar refractivity (Wildman–Crippen MR) is 87.5 cm³/mol. The number of aromatic amines is 1. The fourth-order valence-electron chi connectivity index (χ4n) is 2.59. The topological polar surface area (TPSA) is 58.0 Å². The highest BCUT2D eigenvalue weighted by Crippen LogP contribution is 2.37. The molecule has 0 saturated heterocycles. The van der Waals surface area contributed by atoms with E-state index in [1.165, 1.54) is 6.07 Å². The van der Waals surface area contributed by atoms with Crippen LogP contribution >= 0.6 is 15.9 Å². The van der Waals surface area contributed by atoms with Gasteiger partial charge in [-0.2, -0.15) is 10.2 Å². The summed E-state index contributed by atoms with van der Waals surface area (Å²) in [6.45, 7) is 0. The van der Waals surface area contributed by atoms with Gasteiger partial charge in [-0.3, -0.25) is 5.10 Å². The fraction of sp³-hybridized carbons (Fsp3) is 0.0667. The van der Waals surface area contributed by atoms with Crippen molar-refractivity contribution in [3.8, 4) is 11.1 Å². The van der Waals surface area contributed by atoms with Crippen LogP contribution in [0.3, 0.4) is 0 Å². The molecular formula is C15H11BrFN5. The summed E-state index contributed by atoms with van der Waals surface area (Å²) in [5.74, 6) is 0.458. The fourth-order valence-corrected chi connectivity index (χ4v) is 3.14. The second kappa shape index (κ2) is 4.81. The molecule has 0 spiro atoms. The first-order valence-electron chi connectivity index (χ1n) is 6.66. The van der Waals surface area contributed by atoms with Gasteiger partial charge in [-0.25, -0.2) is 8.91 Å². The Morgan fingerprint density at radius 3 is 3.00 bits per heavy atom. The van der Waals surface area contributed by atoms with Crippen LogP contribution in [0.1, 0.15) is 0 Å². The minimum Gasteiger partial charge on any atom is -0.372 e. The molecule has 4 aromatic rings.